The lowest BCUT2D eigenvalue weighted by Crippen LogP contribution is -2.63. The first-order chi connectivity index (χ1) is 52.4. The van der Waals surface area contributed by atoms with Crippen molar-refractivity contribution in [3.8, 4) is 0 Å². The van der Waals surface area contributed by atoms with Crippen molar-refractivity contribution in [2.75, 3.05) is 103 Å². The van der Waals surface area contributed by atoms with Crippen LogP contribution in [0.25, 0.3) is 12.2 Å². The first-order valence-corrected chi connectivity index (χ1v) is 37.7. The molecule has 3 aromatic rings. The zero-order valence-electron chi connectivity index (χ0n) is 62.8. The third kappa shape index (κ3) is 22.5. The summed E-state index contributed by atoms with van der Waals surface area (Å²) in [6.07, 6.45) is 10.4. The maximum atomic E-state index is 14.5. The van der Waals surface area contributed by atoms with Gasteiger partial charge in [-0.05, 0) is 115 Å². The number of carbonyl (C=O) groups excluding carboxylic acids is 11. The summed E-state index contributed by atoms with van der Waals surface area (Å²) in [4.78, 5) is 145. The van der Waals surface area contributed by atoms with Crippen LogP contribution in [0.3, 0.4) is 0 Å². The molecule has 11 atom stereocenters. The molecular formula is C79H106N10O20. The number of Topliss-reactive ketones (excluding diaryl/α,β-unsaturated/α-hetero) is 1. The highest BCUT2D eigenvalue weighted by atomic mass is 16.7. The van der Waals surface area contributed by atoms with Crippen LogP contribution in [-0.2, 0) is 94.2 Å². The lowest BCUT2D eigenvalue weighted by atomic mass is 9.46. The molecule has 109 heavy (non-hydrogen) atoms. The van der Waals surface area contributed by atoms with Gasteiger partial charge >= 0.3 is 12.1 Å². The van der Waals surface area contributed by atoms with E-state index in [0.717, 1.165) is 40.8 Å². The van der Waals surface area contributed by atoms with Crippen LogP contribution < -0.4 is 53.2 Å². The fourth-order valence-corrected chi connectivity index (χ4v) is 15.8. The molecule has 1 unspecified atom stereocenters. The number of ketones is 2. The van der Waals surface area contributed by atoms with Crippen LogP contribution >= 0.6 is 0 Å². The van der Waals surface area contributed by atoms with Gasteiger partial charge in [-0.1, -0.05) is 119 Å². The van der Waals surface area contributed by atoms with Crippen LogP contribution in [0.4, 0.5) is 21.0 Å². The summed E-state index contributed by atoms with van der Waals surface area (Å²) in [6, 6.07) is 19.0. The van der Waals surface area contributed by atoms with Crippen molar-refractivity contribution in [1.29, 1.82) is 0 Å². The number of urea groups is 1. The van der Waals surface area contributed by atoms with Crippen LogP contribution in [0.15, 0.2) is 96.6 Å². The van der Waals surface area contributed by atoms with Gasteiger partial charge in [0.05, 0.1) is 83.8 Å². The molecule has 4 fully saturated rings. The largest absolute Gasteiger partial charge is 0.445 e. The number of hydrogen-bond donors (Lipinski definition) is 10. The summed E-state index contributed by atoms with van der Waals surface area (Å²) in [5, 5.41) is 32.8. The number of aliphatic hydroxyl groups is 1. The number of carbonyl (C=O) groups is 11. The number of hydrogen-bond acceptors (Lipinski definition) is 20. The molecule has 0 bridgehead atoms. The Morgan fingerprint density at radius 1 is 0.706 bits per heavy atom. The van der Waals surface area contributed by atoms with Crippen molar-refractivity contribution in [3.63, 3.8) is 0 Å². The minimum atomic E-state index is -1.40. The quantitative estimate of drug-likeness (QED) is 0.0266. The Kier molecular flexibility index (Phi) is 31.1. The molecule has 2 aliphatic heterocycles. The van der Waals surface area contributed by atoms with Crippen molar-refractivity contribution in [2.45, 2.75) is 155 Å². The maximum Gasteiger partial charge on any atom is 0.407 e. The predicted molar refractivity (Wildman–Crippen MR) is 400 cm³/mol. The van der Waals surface area contributed by atoms with E-state index in [1.54, 1.807) is 55.2 Å². The van der Waals surface area contributed by atoms with Gasteiger partial charge in [0.2, 0.25) is 41.4 Å². The number of rotatable bonds is 41. The minimum absolute atomic E-state index is 0.0239. The molecule has 11 N–H and O–H groups in total. The molecule has 0 spiro atoms. The summed E-state index contributed by atoms with van der Waals surface area (Å²) in [5.74, 6) is -4.35. The number of nitrogens with zero attached hydrogens (tertiary/aromatic N) is 1. The average molecular weight is 1520 g/mol. The van der Waals surface area contributed by atoms with E-state index in [-0.39, 0.29) is 139 Å². The molecule has 592 valence electrons. The SMILES string of the molecule is CCCC1O[C@@H]2C[C@H]3[C@@H]4CCC5=CC(=O)C=C[C@]5(C)[C@H]4[C@@H](O)C[C@]3(C)[C@]2(C(=O)COCNC(=O)CNC(=O)CNC(=O)OCc2ccc(NC(=O)[C@H](CCCNC(N)=O)NC(=O)[C@@H](NC(=O)CCOCCOCCOCCOCCNC(=O)CCC(=O)N3Cc4ccccc4/C=C\c4ccccc43)C(C)C)cc2)O1. The number of amides is 10. The van der Waals surface area contributed by atoms with E-state index in [2.05, 4.69) is 55.5 Å². The van der Waals surface area contributed by atoms with Crippen molar-refractivity contribution in [2.24, 2.45) is 40.2 Å². The molecule has 0 radical (unpaired) electrons. The van der Waals surface area contributed by atoms with Gasteiger partial charge in [-0.25, -0.2) is 9.59 Å². The van der Waals surface area contributed by atoms with Crippen molar-refractivity contribution in [3.05, 3.63) is 119 Å². The Morgan fingerprint density at radius 2 is 1.39 bits per heavy atom. The van der Waals surface area contributed by atoms with Gasteiger partial charge in [0, 0.05) is 54.8 Å². The van der Waals surface area contributed by atoms with Crippen molar-refractivity contribution in [1.82, 2.24) is 37.2 Å². The Hall–Kier alpha value is -9.27. The van der Waals surface area contributed by atoms with Gasteiger partial charge in [-0.2, -0.15) is 0 Å². The summed E-state index contributed by atoms with van der Waals surface area (Å²) < 4.78 is 46.5. The minimum Gasteiger partial charge on any atom is -0.445 e. The standard InChI is InChI=1S/C79H106N10O20/c1-6-12-70-108-64-42-59-58-25-22-55-41-57(90)28-30-77(55,4)71(58)62(91)43-78(59,5)79(64,109-70)63(92)48-106-49-85-68(96)44-83-67(95)45-84-76(101)107-47-51-18-23-56(24-19-51)86-73(98)60(16-11-31-82-75(80)100)87-74(99)72(50(2)3)88-66(94)29-33-102-35-37-104-39-40-105-38-36-103-34-32-81-65(93)26-27-69(97)89-46-54-15-8-7-13-52(54)20-21-53-14-9-10-17-61(53)89/h7-10,13-15,17-21,23-24,28,30,41,50,58-60,62,64,70-72,91H,6,11-12,16,22,25-27,29,31-40,42-49H2,1-5H3,(H,81,93)(H,83,95)(H,84,101)(H,85,96)(H,86,98)(H,87,99)(H,88,94)(H3,80,82,100)/b21-20-/t58-,59-,60-,62-,64+,70?,71+,72-,77-,78-,79+/m0/s1. The van der Waals surface area contributed by atoms with Gasteiger partial charge in [0.15, 0.2) is 23.5 Å². The van der Waals surface area contributed by atoms with E-state index in [9.17, 15) is 57.8 Å². The van der Waals surface area contributed by atoms with Gasteiger partial charge in [0.1, 0.15) is 38.6 Å². The Bertz CT molecular complexity index is 3790. The van der Waals surface area contributed by atoms with E-state index in [0.29, 0.717) is 56.9 Å². The second-order valence-corrected chi connectivity index (χ2v) is 29.0. The van der Waals surface area contributed by atoms with E-state index < -0.39 is 114 Å². The molecule has 4 aliphatic carbocycles. The number of aliphatic hydroxyl groups excluding tert-OH is 1. The maximum absolute atomic E-state index is 14.5. The van der Waals surface area contributed by atoms with Gasteiger partial charge in [-0.15, -0.1) is 0 Å². The Morgan fingerprint density at radius 3 is 2.11 bits per heavy atom. The first kappa shape index (κ1) is 83.8. The summed E-state index contributed by atoms with van der Waals surface area (Å²) in [7, 11) is 0. The van der Waals surface area contributed by atoms with E-state index >= 15 is 0 Å². The second-order valence-electron chi connectivity index (χ2n) is 29.0. The Balaban J connectivity index is 0.600. The number of para-hydroxylation sites is 1. The monoisotopic (exact) mass is 1510 g/mol. The molecule has 0 aromatic heterocycles. The molecule has 10 amide bonds. The first-order valence-electron chi connectivity index (χ1n) is 37.7. The fraction of sp³-hybridized carbons (Fsp3) is 0.557. The molecular weight excluding hydrogens is 1410 g/mol. The van der Waals surface area contributed by atoms with Crippen molar-refractivity contribution >= 4 is 88.6 Å². The number of alkyl carbamates (subject to hydrolysis) is 1. The highest BCUT2D eigenvalue weighted by Gasteiger charge is 2.76. The fourth-order valence-electron chi connectivity index (χ4n) is 15.8. The molecule has 3 saturated carbocycles. The lowest BCUT2D eigenvalue weighted by molar-refractivity contribution is -0.201. The van der Waals surface area contributed by atoms with Crippen LogP contribution in [0, 0.1) is 34.5 Å². The molecule has 2 heterocycles. The van der Waals surface area contributed by atoms with E-state index in [1.165, 1.54) is 0 Å². The third-order valence-corrected chi connectivity index (χ3v) is 21.2. The number of benzene rings is 3. The van der Waals surface area contributed by atoms with Crippen LogP contribution in [-0.4, -0.2) is 199 Å². The predicted octanol–water partition coefficient (Wildman–Crippen LogP) is 4.94. The van der Waals surface area contributed by atoms with Gasteiger partial charge in [-0.3, -0.25) is 43.2 Å². The molecule has 30 nitrogen and oxygen atoms in total. The molecule has 1 saturated heterocycles. The molecule has 3 aromatic carbocycles. The van der Waals surface area contributed by atoms with Gasteiger partial charge < -0.3 is 96.2 Å². The number of ether oxygens (including phenoxy) is 8. The number of allylic oxidation sites excluding steroid dienone is 4. The number of fused-ring (bicyclic) bond motifs is 9. The number of nitrogens with one attached hydrogen (secondary N) is 8. The van der Waals surface area contributed by atoms with Crippen LogP contribution in [0.5, 0.6) is 0 Å². The summed E-state index contributed by atoms with van der Waals surface area (Å²) >= 11 is 0. The smallest absolute Gasteiger partial charge is 0.407 e. The molecule has 6 aliphatic rings. The van der Waals surface area contributed by atoms with E-state index in [4.69, 9.17) is 43.6 Å². The Labute approximate surface area is 635 Å². The highest BCUT2D eigenvalue weighted by molar-refractivity contribution is 6.02. The van der Waals surface area contributed by atoms with Crippen LogP contribution in [0.2, 0.25) is 0 Å². The highest BCUT2D eigenvalue weighted by Crippen LogP contribution is 2.70. The summed E-state index contributed by atoms with van der Waals surface area (Å²) in [6.45, 7) is 10.3. The average Bonchev–Trinajstić information content (AvgIpc) is 1.52. The zero-order chi connectivity index (χ0) is 78.1. The topological polar surface area (TPSA) is 407 Å². The second kappa shape index (κ2) is 40.4. The van der Waals surface area contributed by atoms with E-state index in [1.807, 2.05) is 74.5 Å². The number of anilines is 2. The normalized spacial score (nSPS) is 23.6. The zero-order valence-corrected chi connectivity index (χ0v) is 62.8. The number of nitrogens with two attached hydrogens (primary N) is 1. The third-order valence-electron chi connectivity index (χ3n) is 21.2. The molecule has 30 heteroatoms. The number of primary amides is 1. The lowest BCUT2D eigenvalue weighted by Gasteiger charge is -2.59. The van der Waals surface area contributed by atoms with Gasteiger partial charge in [0.25, 0.3) is 0 Å². The summed E-state index contributed by atoms with van der Waals surface area (Å²) in [5.41, 5.74) is 8.18. The van der Waals surface area contributed by atoms with Crippen molar-refractivity contribution < 1.29 is 95.7 Å². The molecule has 9 rings (SSSR count). The van der Waals surface area contributed by atoms with Crippen LogP contribution in [0.1, 0.15) is 128 Å².